The molecule has 3 aromatic rings. The van der Waals surface area contributed by atoms with E-state index in [2.05, 4.69) is 10.3 Å². The van der Waals surface area contributed by atoms with Gasteiger partial charge in [0.25, 0.3) is 5.91 Å². The van der Waals surface area contributed by atoms with Crippen LogP contribution < -0.4 is 10.1 Å². The minimum atomic E-state index is -0.697. The summed E-state index contributed by atoms with van der Waals surface area (Å²) >= 11 is 1.22. The number of benzene rings is 1. The SMILES string of the molecule is CCOC(=O)c1cc(-c2ccccc2)sc1NC(=O)COc1cccnc1[N+](=O)[O-]. The van der Waals surface area contributed by atoms with Crippen LogP contribution in [-0.2, 0) is 9.53 Å². The number of thiophene rings is 1. The molecule has 0 unspecified atom stereocenters. The van der Waals surface area contributed by atoms with Gasteiger partial charge in [0.2, 0.25) is 5.75 Å². The van der Waals surface area contributed by atoms with Gasteiger partial charge in [-0.2, -0.15) is 0 Å². The molecule has 2 aromatic heterocycles. The first-order valence-corrected chi connectivity index (χ1v) is 9.69. The number of nitro groups is 1. The number of rotatable bonds is 8. The summed E-state index contributed by atoms with van der Waals surface area (Å²) in [5.41, 5.74) is 1.11. The lowest BCUT2D eigenvalue weighted by atomic mass is 10.1. The Morgan fingerprint density at radius 3 is 2.67 bits per heavy atom. The quantitative estimate of drug-likeness (QED) is 0.329. The third-order valence-corrected chi connectivity index (χ3v) is 4.92. The van der Waals surface area contributed by atoms with Crippen molar-refractivity contribution in [1.82, 2.24) is 4.98 Å². The number of nitrogens with zero attached hydrogens (tertiary/aromatic N) is 2. The molecule has 0 bridgehead atoms. The molecule has 1 aromatic carbocycles. The molecular formula is C20H17N3O6S. The van der Waals surface area contributed by atoms with Crippen LogP contribution in [0.5, 0.6) is 5.75 Å². The van der Waals surface area contributed by atoms with Crippen molar-refractivity contribution in [3.05, 3.63) is 70.4 Å². The normalized spacial score (nSPS) is 10.3. The van der Waals surface area contributed by atoms with Crippen molar-refractivity contribution in [3.63, 3.8) is 0 Å². The molecule has 1 N–H and O–H groups in total. The Balaban J connectivity index is 1.78. The second kappa shape index (κ2) is 9.61. The largest absolute Gasteiger partial charge is 0.476 e. The van der Waals surface area contributed by atoms with Crippen molar-refractivity contribution in [2.45, 2.75) is 6.92 Å². The number of carbonyl (C=O) groups is 2. The molecule has 1 amide bonds. The lowest BCUT2D eigenvalue weighted by Crippen LogP contribution is -2.21. The summed E-state index contributed by atoms with van der Waals surface area (Å²) in [7, 11) is 0. The van der Waals surface area contributed by atoms with Crippen LogP contribution in [0.3, 0.4) is 0 Å². The fraction of sp³-hybridized carbons (Fsp3) is 0.150. The van der Waals surface area contributed by atoms with Crippen LogP contribution in [0.15, 0.2) is 54.7 Å². The summed E-state index contributed by atoms with van der Waals surface area (Å²) < 4.78 is 10.3. The van der Waals surface area contributed by atoms with E-state index in [1.807, 2.05) is 30.3 Å². The Hall–Kier alpha value is -3.79. The molecule has 2 heterocycles. The van der Waals surface area contributed by atoms with E-state index >= 15 is 0 Å². The maximum absolute atomic E-state index is 12.4. The third kappa shape index (κ3) is 4.97. The number of aromatic nitrogens is 1. The number of anilines is 1. The van der Waals surface area contributed by atoms with E-state index in [1.165, 1.54) is 29.7 Å². The Morgan fingerprint density at radius 2 is 1.97 bits per heavy atom. The highest BCUT2D eigenvalue weighted by molar-refractivity contribution is 7.20. The maximum atomic E-state index is 12.4. The number of carbonyl (C=O) groups excluding carboxylic acids is 2. The fourth-order valence-corrected chi connectivity index (χ4v) is 3.59. The highest BCUT2D eigenvalue weighted by atomic mass is 32.1. The molecule has 0 saturated carbocycles. The molecule has 0 radical (unpaired) electrons. The van der Waals surface area contributed by atoms with Crippen LogP contribution in [0.2, 0.25) is 0 Å². The topological polar surface area (TPSA) is 121 Å². The Kier molecular flexibility index (Phi) is 6.71. The monoisotopic (exact) mass is 427 g/mol. The summed E-state index contributed by atoms with van der Waals surface area (Å²) in [6.45, 7) is 1.39. The minimum Gasteiger partial charge on any atom is -0.476 e. The van der Waals surface area contributed by atoms with E-state index in [-0.39, 0.29) is 17.9 Å². The Morgan fingerprint density at radius 1 is 1.20 bits per heavy atom. The molecule has 3 rings (SSSR count). The van der Waals surface area contributed by atoms with Crippen molar-refractivity contribution in [3.8, 4) is 16.2 Å². The van der Waals surface area contributed by atoms with Gasteiger partial charge in [-0.1, -0.05) is 30.3 Å². The second-order valence-electron chi connectivity index (χ2n) is 5.86. The number of hydrogen-bond donors (Lipinski definition) is 1. The van der Waals surface area contributed by atoms with Gasteiger partial charge in [0.15, 0.2) is 6.61 Å². The van der Waals surface area contributed by atoms with E-state index in [9.17, 15) is 19.7 Å². The van der Waals surface area contributed by atoms with Crippen LogP contribution in [0.1, 0.15) is 17.3 Å². The van der Waals surface area contributed by atoms with Gasteiger partial charge in [0.05, 0.1) is 12.2 Å². The lowest BCUT2D eigenvalue weighted by molar-refractivity contribution is -0.390. The molecule has 0 saturated heterocycles. The summed E-state index contributed by atoms with van der Waals surface area (Å²) in [4.78, 5) is 39.4. The first-order valence-electron chi connectivity index (χ1n) is 8.88. The van der Waals surface area contributed by atoms with Crippen molar-refractivity contribution < 1.29 is 24.0 Å². The first-order chi connectivity index (χ1) is 14.5. The molecule has 0 atom stereocenters. The molecular weight excluding hydrogens is 410 g/mol. The summed E-state index contributed by atoms with van der Waals surface area (Å²) in [6, 6.07) is 13.8. The molecule has 154 valence electrons. The van der Waals surface area contributed by atoms with Gasteiger partial charge in [0, 0.05) is 4.88 Å². The Bertz CT molecular complexity index is 1070. The number of esters is 1. The predicted octanol–water partition coefficient (Wildman–Crippen LogP) is 3.91. The molecule has 0 fully saturated rings. The van der Waals surface area contributed by atoms with Crippen LogP contribution in [0.4, 0.5) is 10.8 Å². The van der Waals surface area contributed by atoms with Crippen LogP contribution in [-0.4, -0.2) is 35.0 Å². The second-order valence-corrected chi connectivity index (χ2v) is 6.91. The van der Waals surface area contributed by atoms with Crippen LogP contribution in [0, 0.1) is 10.1 Å². The van der Waals surface area contributed by atoms with Crippen LogP contribution >= 0.6 is 11.3 Å². The minimum absolute atomic E-state index is 0.126. The number of ether oxygens (including phenoxy) is 2. The lowest BCUT2D eigenvalue weighted by Gasteiger charge is -2.08. The third-order valence-electron chi connectivity index (χ3n) is 3.82. The molecule has 0 aliphatic heterocycles. The molecule has 0 aliphatic rings. The zero-order valence-corrected chi connectivity index (χ0v) is 16.7. The smallest absolute Gasteiger partial charge is 0.406 e. The summed E-state index contributed by atoms with van der Waals surface area (Å²) in [5, 5.41) is 13.9. The van der Waals surface area contributed by atoms with Crippen molar-refractivity contribution in [1.29, 1.82) is 0 Å². The zero-order chi connectivity index (χ0) is 21.5. The van der Waals surface area contributed by atoms with Gasteiger partial charge in [-0.15, -0.1) is 11.3 Å². The van der Waals surface area contributed by atoms with Crippen LogP contribution in [0.25, 0.3) is 10.4 Å². The highest BCUT2D eigenvalue weighted by Crippen LogP contribution is 2.36. The number of pyridine rings is 1. The number of nitrogens with one attached hydrogen (secondary N) is 1. The van der Waals surface area contributed by atoms with Gasteiger partial charge >= 0.3 is 11.8 Å². The van der Waals surface area contributed by atoms with E-state index < -0.39 is 29.2 Å². The molecule has 0 aliphatic carbocycles. The van der Waals surface area contributed by atoms with Gasteiger partial charge in [0.1, 0.15) is 11.2 Å². The standard InChI is InChI=1S/C20H17N3O6S/c1-2-28-20(25)14-11-16(13-7-4-3-5-8-13)30-19(14)22-17(24)12-29-15-9-6-10-21-18(15)23(26)27/h3-11H,2,12H2,1H3,(H,22,24). The van der Waals surface area contributed by atoms with Gasteiger partial charge in [-0.05, 0) is 40.6 Å². The molecule has 0 spiro atoms. The number of hydrogen-bond acceptors (Lipinski definition) is 8. The maximum Gasteiger partial charge on any atom is 0.406 e. The van der Waals surface area contributed by atoms with Gasteiger partial charge in [-0.3, -0.25) is 4.79 Å². The van der Waals surface area contributed by atoms with E-state index in [0.717, 1.165) is 10.4 Å². The van der Waals surface area contributed by atoms with Crippen molar-refractivity contribution in [2.75, 3.05) is 18.5 Å². The highest BCUT2D eigenvalue weighted by Gasteiger charge is 2.21. The average molecular weight is 427 g/mol. The summed E-state index contributed by atoms with van der Waals surface area (Å²) in [5.74, 6) is -1.75. The Labute approximate surface area is 175 Å². The van der Waals surface area contributed by atoms with E-state index in [0.29, 0.717) is 5.00 Å². The van der Waals surface area contributed by atoms with Gasteiger partial charge in [-0.25, -0.2) is 4.79 Å². The molecule has 10 heteroatoms. The average Bonchev–Trinajstić information content (AvgIpc) is 3.17. The molecule has 30 heavy (non-hydrogen) atoms. The van der Waals surface area contributed by atoms with Crippen molar-refractivity contribution >= 4 is 34.0 Å². The van der Waals surface area contributed by atoms with Gasteiger partial charge < -0.3 is 24.9 Å². The van der Waals surface area contributed by atoms with E-state index in [4.69, 9.17) is 9.47 Å². The predicted molar refractivity (Wildman–Crippen MR) is 111 cm³/mol. The summed E-state index contributed by atoms with van der Waals surface area (Å²) in [6.07, 6.45) is 1.26. The number of amides is 1. The fourth-order valence-electron chi connectivity index (χ4n) is 2.53. The first kappa shape index (κ1) is 20.9. The van der Waals surface area contributed by atoms with E-state index in [1.54, 1.807) is 13.0 Å². The zero-order valence-electron chi connectivity index (χ0n) is 15.9. The molecule has 9 nitrogen and oxygen atoms in total. The van der Waals surface area contributed by atoms with Crippen molar-refractivity contribution in [2.24, 2.45) is 0 Å².